The Morgan fingerprint density at radius 3 is 0.762 bits per heavy atom. The van der Waals surface area contributed by atoms with Crippen LogP contribution in [-0.4, -0.2) is 25.5 Å². The van der Waals surface area contributed by atoms with Crippen LogP contribution in [0.2, 0.25) is 0 Å². The lowest BCUT2D eigenvalue weighted by molar-refractivity contribution is -0.151. The Morgan fingerprint density at radius 2 is 0.595 bits per heavy atom. The molecule has 0 bridgehead atoms. The zero-order valence-corrected chi connectivity index (χ0v) is 19.6. The average Bonchev–Trinajstić information content (AvgIpc) is 2.76. The van der Waals surface area contributed by atoms with Crippen LogP contribution in [0, 0.1) is 0 Å². The molecule has 20 heteroatoms. The molecule has 0 aromatic heterocycles. The molecule has 0 fully saturated rings. The second kappa shape index (κ2) is 11.3. The van der Waals surface area contributed by atoms with Crippen molar-refractivity contribution >= 4 is 12.4 Å². The highest BCUT2D eigenvalue weighted by molar-refractivity contribution is 5.86. The molecule has 2 nitrogen and oxygen atoms in total. The molecule has 0 spiro atoms. The first-order valence-corrected chi connectivity index (χ1v) is 10.4. The topological polar surface area (TPSA) is 24.7 Å². The smallest absolute Gasteiger partial charge is 0.291 e. The van der Waals surface area contributed by atoms with Crippen molar-refractivity contribution in [1.29, 1.82) is 0 Å². The van der Waals surface area contributed by atoms with Gasteiger partial charge < -0.3 is 0 Å². The monoisotopic (exact) mass is 644 g/mol. The first-order valence-electron chi connectivity index (χ1n) is 10.4. The second-order valence-corrected chi connectivity index (χ2v) is 8.03. The van der Waals surface area contributed by atoms with Gasteiger partial charge in [-0.1, -0.05) is 0 Å². The predicted octanol–water partition coefficient (Wildman–Crippen LogP) is 9.34. The van der Waals surface area contributed by atoms with Crippen molar-refractivity contribution in [3.63, 3.8) is 0 Å². The quantitative estimate of drug-likeness (QED) is 0.176. The van der Waals surface area contributed by atoms with Crippen LogP contribution in [-0.2, 0) is 37.1 Å². The molecule has 0 saturated carbocycles. The Balaban J connectivity index is 2.52. The van der Waals surface area contributed by atoms with E-state index in [0.717, 1.165) is 0 Å². The maximum Gasteiger partial charge on any atom is 0.417 e. The zero-order valence-electron chi connectivity index (χ0n) is 19.6. The van der Waals surface area contributed by atoms with E-state index in [9.17, 15) is 79.0 Å². The molecular formula is C22H10F18N2. The van der Waals surface area contributed by atoms with Crippen molar-refractivity contribution < 1.29 is 79.0 Å². The number of alkyl halides is 18. The Kier molecular flexibility index (Phi) is 9.35. The molecule has 0 aliphatic heterocycles. The fourth-order valence-corrected chi connectivity index (χ4v) is 3.28. The molecule has 0 aliphatic rings. The van der Waals surface area contributed by atoms with Crippen LogP contribution >= 0.6 is 0 Å². The van der Waals surface area contributed by atoms with E-state index in [4.69, 9.17) is 0 Å². The lowest BCUT2D eigenvalue weighted by Gasteiger charge is -2.19. The molecule has 0 N–H and O–H groups in total. The largest absolute Gasteiger partial charge is 0.417 e. The molecule has 2 aromatic carbocycles. The van der Waals surface area contributed by atoms with Crippen LogP contribution < -0.4 is 0 Å². The van der Waals surface area contributed by atoms with Gasteiger partial charge in [0.15, 0.2) is 0 Å². The predicted molar refractivity (Wildman–Crippen MR) is 108 cm³/mol. The minimum atomic E-state index is -5.77. The van der Waals surface area contributed by atoms with Crippen molar-refractivity contribution in [2.24, 2.45) is 9.98 Å². The third kappa shape index (κ3) is 8.52. The van der Waals surface area contributed by atoms with Crippen molar-refractivity contribution in [2.75, 3.05) is 13.1 Å². The maximum absolute atomic E-state index is 13.3. The summed E-state index contributed by atoms with van der Waals surface area (Å²) in [6, 6.07) is -2.51. The third-order valence-electron chi connectivity index (χ3n) is 5.04. The van der Waals surface area contributed by atoms with Gasteiger partial charge >= 0.3 is 37.1 Å². The lowest BCUT2D eigenvalue weighted by atomic mass is 9.96. The molecule has 0 unspecified atom stereocenters. The first-order chi connectivity index (χ1) is 18.6. The molecular weight excluding hydrogens is 634 g/mol. The van der Waals surface area contributed by atoms with Crippen molar-refractivity contribution in [3.8, 4) is 0 Å². The number of rotatable bonds is 5. The van der Waals surface area contributed by atoms with E-state index in [2.05, 4.69) is 9.98 Å². The van der Waals surface area contributed by atoms with Gasteiger partial charge in [0.2, 0.25) is 0 Å². The lowest BCUT2D eigenvalue weighted by Crippen LogP contribution is -2.20. The van der Waals surface area contributed by atoms with Crippen molar-refractivity contribution in [1.82, 2.24) is 0 Å². The highest BCUT2D eigenvalue weighted by atomic mass is 19.4. The minimum Gasteiger partial charge on any atom is -0.291 e. The van der Waals surface area contributed by atoms with E-state index >= 15 is 0 Å². The van der Waals surface area contributed by atoms with Gasteiger partial charge in [0.25, 0.3) is 0 Å². The standard InChI is InChI=1S/C22H10F18N2/c23-17(24,25)9-3-13(19(29,30)31)11(14(4-9)20(32,33)34)7-41-1-2-42-8-12-15(21(35,36)37)5-10(18(26,27)28)6-16(12)22(38,39)40/h3-8H,1-2H2/b41-7+,42-8+. The van der Waals surface area contributed by atoms with Crippen LogP contribution in [0.5, 0.6) is 0 Å². The van der Waals surface area contributed by atoms with Crippen molar-refractivity contribution in [3.05, 3.63) is 68.8 Å². The normalized spacial score (nSPS) is 14.4. The van der Waals surface area contributed by atoms with E-state index < -0.39 is 119 Å². The van der Waals surface area contributed by atoms with E-state index in [-0.39, 0.29) is 12.4 Å². The number of halogens is 18. The summed E-state index contributed by atoms with van der Waals surface area (Å²) in [5.41, 5.74) is -18.0. The van der Waals surface area contributed by atoms with Crippen LogP contribution in [0.4, 0.5) is 79.0 Å². The zero-order chi connectivity index (χ0) is 32.7. The third-order valence-corrected chi connectivity index (χ3v) is 5.04. The molecule has 0 saturated heterocycles. The van der Waals surface area contributed by atoms with Crippen LogP contribution in [0.1, 0.15) is 44.5 Å². The van der Waals surface area contributed by atoms with Crippen molar-refractivity contribution in [2.45, 2.75) is 37.1 Å². The number of nitrogens with zero attached hydrogens (tertiary/aromatic N) is 2. The highest BCUT2D eigenvalue weighted by Crippen LogP contribution is 2.44. The minimum absolute atomic E-state index is 0.165. The first kappa shape index (κ1) is 34.7. The summed E-state index contributed by atoms with van der Waals surface area (Å²) in [6.07, 6.45) is -34.7. The number of hydrogen-bond acceptors (Lipinski definition) is 2. The van der Waals surface area contributed by atoms with Gasteiger partial charge in [-0.15, -0.1) is 0 Å². The summed E-state index contributed by atoms with van der Waals surface area (Å²) in [5, 5.41) is 0. The Bertz CT molecular complexity index is 1160. The number of benzene rings is 2. The van der Waals surface area contributed by atoms with Gasteiger partial charge in [-0.3, -0.25) is 9.98 Å². The summed E-state index contributed by atoms with van der Waals surface area (Å²) in [6.45, 7) is -2.06. The summed E-state index contributed by atoms with van der Waals surface area (Å²) < 4.78 is 237. The Labute approximate surface area is 221 Å². The molecule has 42 heavy (non-hydrogen) atoms. The van der Waals surface area contributed by atoms with Gasteiger partial charge in [0.05, 0.1) is 46.5 Å². The molecule has 0 heterocycles. The van der Waals surface area contributed by atoms with E-state index in [1.165, 1.54) is 0 Å². The summed E-state index contributed by atoms with van der Waals surface area (Å²) in [7, 11) is 0. The van der Waals surface area contributed by atoms with E-state index in [0.29, 0.717) is 0 Å². The molecule has 0 amide bonds. The molecule has 2 rings (SSSR count). The maximum atomic E-state index is 13.3. The summed E-state index contributed by atoms with van der Waals surface area (Å²) in [4.78, 5) is 6.18. The van der Waals surface area contributed by atoms with E-state index in [1.807, 2.05) is 0 Å². The molecule has 234 valence electrons. The highest BCUT2D eigenvalue weighted by Gasteiger charge is 2.45. The molecule has 0 atom stereocenters. The Hall–Kier alpha value is -3.48. The van der Waals surface area contributed by atoms with E-state index in [1.54, 1.807) is 0 Å². The van der Waals surface area contributed by atoms with Gasteiger partial charge in [-0.25, -0.2) is 0 Å². The van der Waals surface area contributed by atoms with Gasteiger partial charge in [-0.2, -0.15) is 79.0 Å². The number of hydrogen-bond donors (Lipinski definition) is 0. The number of aliphatic imine (C=N–C) groups is 2. The van der Waals surface area contributed by atoms with Crippen LogP contribution in [0.15, 0.2) is 34.3 Å². The molecule has 0 radical (unpaired) electrons. The summed E-state index contributed by atoms with van der Waals surface area (Å²) >= 11 is 0. The summed E-state index contributed by atoms with van der Waals surface area (Å²) in [5.74, 6) is 0. The Morgan fingerprint density at radius 1 is 0.381 bits per heavy atom. The fraction of sp³-hybridized carbons (Fsp3) is 0.364. The van der Waals surface area contributed by atoms with Gasteiger partial charge in [0.1, 0.15) is 0 Å². The molecule has 2 aromatic rings. The average molecular weight is 644 g/mol. The SMILES string of the molecule is FC(F)(F)c1cc(C(F)(F)F)c(/C=N/CC/N=C/c2c(C(F)(F)F)cc(C(F)(F)F)cc2C(F)(F)F)c(C(F)(F)F)c1. The van der Waals surface area contributed by atoms with Crippen LogP contribution in [0.3, 0.4) is 0 Å². The second-order valence-electron chi connectivity index (χ2n) is 8.03. The van der Waals surface area contributed by atoms with Gasteiger partial charge in [0, 0.05) is 23.6 Å². The fourth-order valence-electron chi connectivity index (χ4n) is 3.28. The molecule has 0 aliphatic carbocycles. The van der Waals surface area contributed by atoms with Crippen LogP contribution in [0.25, 0.3) is 0 Å². The van der Waals surface area contributed by atoms with Gasteiger partial charge in [-0.05, 0) is 24.3 Å².